The summed E-state index contributed by atoms with van der Waals surface area (Å²) < 4.78 is 36.6. The number of hydrogen-bond donors (Lipinski definition) is 2. The van der Waals surface area contributed by atoms with Gasteiger partial charge in [0.2, 0.25) is 5.91 Å². The van der Waals surface area contributed by atoms with Crippen molar-refractivity contribution in [2.45, 2.75) is 18.9 Å². The van der Waals surface area contributed by atoms with Gasteiger partial charge in [-0.1, -0.05) is 12.1 Å². The Labute approximate surface area is 154 Å². The number of ether oxygens (including phenoxy) is 2. The molecular weight excluding hydrogens is 360 g/mol. The number of halogens is 2. The van der Waals surface area contributed by atoms with E-state index in [9.17, 15) is 18.4 Å². The Balaban J connectivity index is 2.19. The largest absolute Gasteiger partial charge is 0.493 e. The molecule has 0 aliphatic rings. The number of nitrogens with one attached hydrogen (secondary N) is 1. The lowest BCUT2D eigenvalue weighted by molar-refractivity contribution is -0.137. The lowest BCUT2D eigenvalue weighted by Gasteiger charge is -2.19. The Kier molecular flexibility index (Phi) is 6.70. The van der Waals surface area contributed by atoms with Crippen LogP contribution in [0.15, 0.2) is 36.4 Å². The zero-order valence-corrected chi connectivity index (χ0v) is 14.8. The number of carboxylic acid groups (broad SMARTS) is 1. The van der Waals surface area contributed by atoms with E-state index in [1.165, 1.54) is 20.3 Å². The molecule has 0 aliphatic carbocycles. The van der Waals surface area contributed by atoms with Crippen LogP contribution in [0.5, 0.6) is 11.5 Å². The van der Waals surface area contributed by atoms with Crippen molar-refractivity contribution >= 4 is 11.9 Å². The van der Waals surface area contributed by atoms with Crippen LogP contribution in [-0.4, -0.2) is 31.2 Å². The monoisotopic (exact) mass is 379 g/mol. The SMILES string of the molecule is COc1ccc(C(CC(=O)O)NC(=O)Cc2ccc(F)c(F)c2)cc1OC. The maximum absolute atomic E-state index is 13.3. The topological polar surface area (TPSA) is 84.9 Å². The lowest BCUT2D eigenvalue weighted by atomic mass is 10.0. The zero-order valence-electron chi connectivity index (χ0n) is 14.8. The van der Waals surface area contributed by atoms with Crippen molar-refractivity contribution in [3.8, 4) is 11.5 Å². The molecule has 1 atom stereocenters. The third kappa shape index (κ3) is 5.40. The van der Waals surface area contributed by atoms with Crippen molar-refractivity contribution in [1.82, 2.24) is 5.32 Å². The van der Waals surface area contributed by atoms with Crippen LogP contribution < -0.4 is 14.8 Å². The zero-order chi connectivity index (χ0) is 20.0. The fourth-order valence-electron chi connectivity index (χ4n) is 2.58. The van der Waals surface area contributed by atoms with Crippen LogP contribution in [-0.2, 0) is 16.0 Å². The molecule has 0 saturated carbocycles. The van der Waals surface area contributed by atoms with E-state index in [-0.39, 0.29) is 18.4 Å². The molecule has 0 heterocycles. The smallest absolute Gasteiger partial charge is 0.305 e. The first-order valence-corrected chi connectivity index (χ1v) is 8.01. The third-order valence-electron chi connectivity index (χ3n) is 3.87. The number of aliphatic carboxylic acids is 1. The fourth-order valence-corrected chi connectivity index (χ4v) is 2.58. The molecule has 0 aromatic heterocycles. The van der Waals surface area contributed by atoms with E-state index in [1.54, 1.807) is 18.2 Å². The summed E-state index contributed by atoms with van der Waals surface area (Å²) in [6.45, 7) is 0. The number of carboxylic acids is 1. The van der Waals surface area contributed by atoms with Gasteiger partial charge in [0, 0.05) is 0 Å². The molecule has 0 saturated heterocycles. The van der Waals surface area contributed by atoms with Crippen molar-refractivity contribution in [2.24, 2.45) is 0 Å². The van der Waals surface area contributed by atoms with E-state index in [1.807, 2.05) is 0 Å². The maximum atomic E-state index is 13.3. The van der Waals surface area contributed by atoms with Crippen LogP contribution in [0.4, 0.5) is 8.78 Å². The van der Waals surface area contributed by atoms with E-state index in [0.29, 0.717) is 17.1 Å². The number of carbonyl (C=O) groups is 2. The van der Waals surface area contributed by atoms with Gasteiger partial charge in [0.15, 0.2) is 23.1 Å². The highest BCUT2D eigenvalue weighted by atomic mass is 19.2. The summed E-state index contributed by atoms with van der Waals surface area (Å²) >= 11 is 0. The molecule has 1 unspecified atom stereocenters. The van der Waals surface area contributed by atoms with Crippen molar-refractivity contribution in [3.63, 3.8) is 0 Å². The minimum absolute atomic E-state index is 0.222. The number of rotatable bonds is 8. The van der Waals surface area contributed by atoms with Crippen LogP contribution in [0.2, 0.25) is 0 Å². The first kappa shape index (κ1) is 20.2. The summed E-state index contributed by atoms with van der Waals surface area (Å²) in [5, 5.41) is 11.7. The molecule has 0 radical (unpaired) electrons. The average molecular weight is 379 g/mol. The van der Waals surface area contributed by atoms with Crippen LogP contribution in [0.1, 0.15) is 23.6 Å². The van der Waals surface area contributed by atoms with Gasteiger partial charge in [-0.15, -0.1) is 0 Å². The normalized spacial score (nSPS) is 11.6. The summed E-state index contributed by atoms with van der Waals surface area (Å²) in [4.78, 5) is 23.5. The second kappa shape index (κ2) is 8.98. The van der Waals surface area contributed by atoms with E-state index in [4.69, 9.17) is 14.6 Å². The van der Waals surface area contributed by atoms with Gasteiger partial charge in [0.05, 0.1) is 33.1 Å². The predicted octanol–water partition coefficient (Wildman–Crippen LogP) is 2.86. The van der Waals surface area contributed by atoms with Gasteiger partial charge in [0.1, 0.15) is 0 Å². The number of carbonyl (C=O) groups excluding carboxylic acids is 1. The van der Waals surface area contributed by atoms with Crippen molar-refractivity contribution < 1.29 is 33.0 Å². The molecule has 2 N–H and O–H groups in total. The maximum Gasteiger partial charge on any atom is 0.305 e. The fraction of sp³-hybridized carbons (Fsp3) is 0.263. The summed E-state index contributed by atoms with van der Waals surface area (Å²) in [7, 11) is 2.91. The molecule has 27 heavy (non-hydrogen) atoms. The van der Waals surface area contributed by atoms with Crippen LogP contribution in [0.3, 0.4) is 0 Å². The molecule has 144 valence electrons. The van der Waals surface area contributed by atoms with E-state index in [2.05, 4.69) is 5.32 Å². The minimum atomic E-state index is -1.11. The van der Waals surface area contributed by atoms with Gasteiger partial charge in [-0.05, 0) is 35.4 Å². The number of amides is 1. The standard InChI is InChI=1S/C19H19F2NO5/c1-26-16-6-4-12(9-17(16)27-2)15(10-19(24)25)22-18(23)8-11-3-5-13(20)14(21)7-11/h3-7,9,15H,8,10H2,1-2H3,(H,22,23)(H,24,25). The molecule has 0 spiro atoms. The van der Waals surface area contributed by atoms with E-state index < -0.39 is 29.6 Å². The molecule has 2 aromatic carbocycles. The Morgan fingerprint density at radius 2 is 1.74 bits per heavy atom. The average Bonchev–Trinajstić information content (AvgIpc) is 2.63. The molecule has 0 bridgehead atoms. The van der Waals surface area contributed by atoms with Gasteiger partial charge in [0.25, 0.3) is 0 Å². The molecule has 8 heteroatoms. The second-order valence-electron chi connectivity index (χ2n) is 5.76. The third-order valence-corrected chi connectivity index (χ3v) is 3.87. The Hall–Kier alpha value is -3.16. The summed E-state index contributed by atoms with van der Waals surface area (Å²) in [6.07, 6.45) is -0.584. The lowest BCUT2D eigenvalue weighted by Crippen LogP contribution is -2.31. The summed E-state index contributed by atoms with van der Waals surface area (Å²) in [6, 6.07) is 7.11. The van der Waals surface area contributed by atoms with Gasteiger partial charge in [-0.3, -0.25) is 9.59 Å². The highest BCUT2D eigenvalue weighted by Gasteiger charge is 2.20. The van der Waals surface area contributed by atoms with Gasteiger partial charge in [-0.25, -0.2) is 8.78 Å². The van der Waals surface area contributed by atoms with Crippen molar-refractivity contribution in [1.29, 1.82) is 0 Å². The van der Waals surface area contributed by atoms with E-state index in [0.717, 1.165) is 12.1 Å². The first-order valence-electron chi connectivity index (χ1n) is 8.01. The molecule has 2 rings (SSSR count). The highest BCUT2D eigenvalue weighted by Crippen LogP contribution is 2.31. The highest BCUT2D eigenvalue weighted by molar-refractivity contribution is 5.80. The summed E-state index contributed by atoms with van der Waals surface area (Å²) in [5.41, 5.74) is 0.779. The quantitative estimate of drug-likeness (QED) is 0.737. The number of methoxy groups -OCH3 is 2. The number of benzene rings is 2. The summed E-state index contributed by atoms with van der Waals surface area (Å²) in [5.74, 6) is -2.84. The molecular formula is C19H19F2NO5. The molecule has 0 aliphatic heterocycles. The minimum Gasteiger partial charge on any atom is -0.493 e. The molecule has 0 fully saturated rings. The van der Waals surface area contributed by atoms with Crippen LogP contribution in [0.25, 0.3) is 0 Å². The van der Waals surface area contributed by atoms with Crippen molar-refractivity contribution in [2.75, 3.05) is 14.2 Å². The van der Waals surface area contributed by atoms with E-state index >= 15 is 0 Å². The molecule has 1 amide bonds. The predicted molar refractivity (Wildman–Crippen MR) is 92.7 cm³/mol. The molecule has 6 nitrogen and oxygen atoms in total. The Morgan fingerprint density at radius 3 is 2.33 bits per heavy atom. The first-order chi connectivity index (χ1) is 12.8. The van der Waals surface area contributed by atoms with Gasteiger partial charge in [-0.2, -0.15) is 0 Å². The Morgan fingerprint density at radius 1 is 1.04 bits per heavy atom. The van der Waals surface area contributed by atoms with Crippen molar-refractivity contribution in [3.05, 3.63) is 59.2 Å². The van der Waals surface area contributed by atoms with Crippen LogP contribution >= 0.6 is 0 Å². The van der Waals surface area contributed by atoms with Crippen LogP contribution in [0, 0.1) is 11.6 Å². The Bertz CT molecular complexity index is 841. The molecule has 2 aromatic rings. The number of hydrogen-bond acceptors (Lipinski definition) is 4. The van der Waals surface area contributed by atoms with Gasteiger partial charge >= 0.3 is 5.97 Å². The second-order valence-corrected chi connectivity index (χ2v) is 5.76. The van der Waals surface area contributed by atoms with Gasteiger partial charge < -0.3 is 19.9 Å².